The van der Waals surface area contributed by atoms with Gasteiger partial charge in [0.25, 0.3) is 0 Å². The van der Waals surface area contributed by atoms with Crippen LogP contribution in [0.2, 0.25) is 0 Å². The number of aromatic nitrogens is 1. The zero-order chi connectivity index (χ0) is 17.3. The number of nitrogens with zero attached hydrogens (tertiary/aromatic N) is 2. The minimum atomic E-state index is -4.53. The van der Waals surface area contributed by atoms with Crippen LogP contribution in [-0.4, -0.2) is 41.2 Å². The summed E-state index contributed by atoms with van der Waals surface area (Å²) < 4.78 is 44.9. The summed E-state index contributed by atoms with van der Waals surface area (Å²) in [6.07, 6.45) is -3.06. The zero-order valence-electron chi connectivity index (χ0n) is 13.3. The Morgan fingerprint density at radius 3 is 2.70 bits per heavy atom. The van der Waals surface area contributed by atoms with Crippen molar-refractivity contribution in [3.8, 4) is 0 Å². The molecule has 1 atom stereocenters. The standard InChI is InChI=1S/C15H20F3N3O2/c1-14(2,3)23-13(22)21-7-6-20-9-12(21)10-4-5-19-8-11(10)15(16,17)18/h4-5,8,12,20H,6-7,9H2,1-3H3. The Balaban J connectivity index is 2.34. The summed E-state index contributed by atoms with van der Waals surface area (Å²) in [6.45, 7) is 6.16. The Labute approximate surface area is 132 Å². The molecule has 0 aliphatic carbocycles. The van der Waals surface area contributed by atoms with Crippen LogP contribution in [0.25, 0.3) is 0 Å². The van der Waals surface area contributed by atoms with Gasteiger partial charge in [0.2, 0.25) is 0 Å². The van der Waals surface area contributed by atoms with Crippen molar-refractivity contribution >= 4 is 6.09 Å². The highest BCUT2D eigenvalue weighted by atomic mass is 19.4. The van der Waals surface area contributed by atoms with Crippen molar-refractivity contribution in [2.24, 2.45) is 0 Å². The SMILES string of the molecule is CC(C)(C)OC(=O)N1CCNCC1c1ccncc1C(F)(F)F. The molecule has 1 aliphatic heterocycles. The fourth-order valence-electron chi connectivity index (χ4n) is 2.45. The molecule has 0 saturated carbocycles. The quantitative estimate of drug-likeness (QED) is 0.859. The van der Waals surface area contributed by atoms with Gasteiger partial charge in [-0.25, -0.2) is 4.79 Å². The molecule has 0 bridgehead atoms. The molecular weight excluding hydrogens is 311 g/mol. The molecule has 1 aromatic rings. The number of rotatable bonds is 1. The van der Waals surface area contributed by atoms with Gasteiger partial charge in [0.15, 0.2) is 0 Å². The second-order valence-corrected chi connectivity index (χ2v) is 6.35. The Morgan fingerprint density at radius 2 is 2.09 bits per heavy atom. The van der Waals surface area contributed by atoms with Crippen LogP contribution in [0.5, 0.6) is 0 Å². The average molecular weight is 331 g/mol. The maximum Gasteiger partial charge on any atom is 0.418 e. The molecule has 1 aromatic heterocycles. The predicted molar refractivity (Wildman–Crippen MR) is 77.8 cm³/mol. The molecule has 1 N–H and O–H groups in total. The second-order valence-electron chi connectivity index (χ2n) is 6.35. The molecule has 0 aromatic carbocycles. The number of amides is 1. The third-order valence-corrected chi connectivity index (χ3v) is 3.39. The fourth-order valence-corrected chi connectivity index (χ4v) is 2.45. The van der Waals surface area contributed by atoms with E-state index in [9.17, 15) is 18.0 Å². The molecule has 0 radical (unpaired) electrons. The average Bonchev–Trinajstić information content (AvgIpc) is 2.44. The summed E-state index contributed by atoms with van der Waals surface area (Å²) in [5.41, 5.74) is -1.52. The van der Waals surface area contributed by atoms with Gasteiger partial charge in [-0.05, 0) is 32.4 Å². The van der Waals surface area contributed by atoms with Crippen LogP contribution < -0.4 is 5.32 Å². The minimum absolute atomic E-state index is 0.0190. The molecule has 128 valence electrons. The third kappa shape index (κ3) is 4.34. The van der Waals surface area contributed by atoms with Gasteiger partial charge in [-0.15, -0.1) is 0 Å². The first-order chi connectivity index (χ1) is 10.6. The van der Waals surface area contributed by atoms with Gasteiger partial charge in [0, 0.05) is 32.0 Å². The molecule has 8 heteroatoms. The highest BCUT2D eigenvalue weighted by molar-refractivity contribution is 5.69. The molecule has 1 amide bonds. The number of ether oxygens (including phenoxy) is 1. The molecule has 5 nitrogen and oxygen atoms in total. The summed E-state index contributed by atoms with van der Waals surface area (Å²) in [6, 6.07) is 0.552. The number of nitrogens with one attached hydrogen (secondary N) is 1. The molecule has 2 rings (SSSR count). The van der Waals surface area contributed by atoms with Crippen LogP contribution in [-0.2, 0) is 10.9 Å². The van der Waals surface area contributed by atoms with Gasteiger partial charge < -0.3 is 10.1 Å². The first-order valence-electron chi connectivity index (χ1n) is 7.31. The lowest BCUT2D eigenvalue weighted by atomic mass is 9.99. The van der Waals surface area contributed by atoms with Crippen molar-refractivity contribution in [1.29, 1.82) is 0 Å². The Kier molecular flexibility index (Phi) is 4.84. The van der Waals surface area contributed by atoms with E-state index in [0.717, 1.165) is 6.20 Å². The van der Waals surface area contributed by atoms with E-state index in [1.54, 1.807) is 20.8 Å². The monoisotopic (exact) mass is 331 g/mol. The van der Waals surface area contributed by atoms with E-state index in [4.69, 9.17) is 4.74 Å². The Hall–Kier alpha value is -1.83. The van der Waals surface area contributed by atoms with Crippen molar-refractivity contribution < 1.29 is 22.7 Å². The van der Waals surface area contributed by atoms with Crippen LogP contribution in [0.1, 0.15) is 37.9 Å². The number of hydrogen-bond acceptors (Lipinski definition) is 4. The lowest BCUT2D eigenvalue weighted by molar-refractivity contribution is -0.139. The van der Waals surface area contributed by atoms with Crippen molar-refractivity contribution in [3.63, 3.8) is 0 Å². The van der Waals surface area contributed by atoms with E-state index < -0.39 is 29.5 Å². The number of alkyl halides is 3. The van der Waals surface area contributed by atoms with E-state index in [1.165, 1.54) is 17.2 Å². The molecular formula is C15H20F3N3O2. The summed E-state index contributed by atoms with van der Waals surface area (Å²) >= 11 is 0. The van der Waals surface area contributed by atoms with Crippen LogP contribution >= 0.6 is 0 Å². The third-order valence-electron chi connectivity index (χ3n) is 3.39. The van der Waals surface area contributed by atoms with Crippen LogP contribution in [0.3, 0.4) is 0 Å². The fraction of sp³-hybridized carbons (Fsp3) is 0.600. The summed E-state index contributed by atoms with van der Waals surface area (Å²) in [7, 11) is 0. The maximum atomic E-state index is 13.2. The van der Waals surface area contributed by atoms with Crippen LogP contribution in [0.15, 0.2) is 18.5 Å². The van der Waals surface area contributed by atoms with Gasteiger partial charge in [-0.2, -0.15) is 13.2 Å². The van der Waals surface area contributed by atoms with E-state index in [0.29, 0.717) is 6.54 Å². The van der Waals surface area contributed by atoms with Gasteiger partial charge in [-0.3, -0.25) is 9.88 Å². The van der Waals surface area contributed by atoms with Gasteiger partial charge in [-0.1, -0.05) is 0 Å². The molecule has 1 unspecified atom stereocenters. The van der Waals surface area contributed by atoms with Gasteiger partial charge in [0.05, 0.1) is 11.6 Å². The number of hydrogen-bond donors (Lipinski definition) is 1. The number of piperazine rings is 1. The molecule has 1 fully saturated rings. The highest BCUT2D eigenvalue weighted by Gasteiger charge is 2.39. The number of carbonyl (C=O) groups is 1. The Bertz CT molecular complexity index is 570. The van der Waals surface area contributed by atoms with E-state index >= 15 is 0 Å². The molecule has 1 aliphatic rings. The van der Waals surface area contributed by atoms with Crippen molar-refractivity contribution in [2.45, 2.75) is 38.6 Å². The highest BCUT2D eigenvalue weighted by Crippen LogP contribution is 2.36. The topological polar surface area (TPSA) is 54.5 Å². The molecule has 0 spiro atoms. The lowest BCUT2D eigenvalue weighted by Crippen LogP contribution is -2.50. The van der Waals surface area contributed by atoms with Crippen molar-refractivity contribution in [3.05, 3.63) is 29.6 Å². The first kappa shape index (κ1) is 17.5. The van der Waals surface area contributed by atoms with E-state index in [1.807, 2.05) is 0 Å². The minimum Gasteiger partial charge on any atom is -0.444 e. The smallest absolute Gasteiger partial charge is 0.418 e. The number of pyridine rings is 1. The van der Waals surface area contributed by atoms with Gasteiger partial charge in [0.1, 0.15) is 5.60 Å². The van der Waals surface area contributed by atoms with E-state index in [2.05, 4.69) is 10.3 Å². The first-order valence-corrected chi connectivity index (χ1v) is 7.31. The largest absolute Gasteiger partial charge is 0.444 e. The maximum absolute atomic E-state index is 13.2. The summed E-state index contributed by atoms with van der Waals surface area (Å²) in [5.74, 6) is 0. The van der Waals surface area contributed by atoms with Crippen LogP contribution in [0, 0.1) is 0 Å². The zero-order valence-corrected chi connectivity index (χ0v) is 13.3. The Morgan fingerprint density at radius 1 is 1.39 bits per heavy atom. The summed E-state index contributed by atoms with van der Waals surface area (Å²) in [4.78, 5) is 17.2. The predicted octanol–water partition coefficient (Wildman–Crippen LogP) is 2.98. The second kappa shape index (κ2) is 6.35. The molecule has 23 heavy (non-hydrogen) atoms. The normalized spacial score (nSPS) is 19.6. The van der Waals surface area contributed by atoms with Crippen LogP contribution in [0.4, 0.5) is 18.0 Å². The lowest BCUT2D eigenvalue weighted by Gasteiger charge is -2.38. The molecule has 2 heterocycles. The number of carbonyl (C=O) groups excluding carboxylic acids is 1. The van der Waals surface area contributed by atoms with E-state index in [-0.39, 0.29) is 18.7 Å². The van der Waals surface area contributed by atoms with Crippen molar-refractivity contribution in [2.75, 3.05) is 19.6 Å². The summed E-state index contributed by atoms with van der Waals surface area (Å²) in [5, 5.41) is 3.02. The number of halogens is 3. The van der Waals surface area contributed by atoms with Gasteiger partial charge >= 0.3 is 12.3 Å². The van der Waals surface area contributed by atoms with Crippen molar-refractivity contribution in [1.82, 2.24) is 15.2 Å². The molecule has 1 saturated heterocycles.